The Morgan fingerprint density at radius 2 is 2.10 bits per heavy atom. The minimum atomic E-state index is 0.432. The molecule has 3 heteroatoms. The van der Waals surface area contributed by atoms with Crippen molar-refractivity contribution >= 4 is 17.0 Å². The molecule has 2 nitrogen and oxygen atoms in total. The molecule has 1 N–H and O–H groups in total. The molecule has 0 saturated heterocycles. The molecule has 1 aliphatic carbocycles. The highest BCUT2D eigenvalue weighted by molar-refractivity contribution is 7.10. The van der Waals surface area contributed by atoms with Gasteiger partial charge in [-0.1, -0.05) is 25.1 Å². The van der Waals surface area contributed by atoms with E-state index < -0.39 is 0 Å². The average molecular weight is 287 g/mol. The van der Waals surface area contributed by atoms with Crippen LogP contribution in [0.2, 0.25) is 0 Å². The summed E-state index contributed by atoms with van der Waals surface area (Å²) in [6.45, 7) is 2.90. The Labute approximate surface area is 124 Å². The van der Waals surface area contributed by atoms with Crippen LogP contribution in [0.4, 0.5) is 5.69 Å². The van der Waals surface area contributed by atoms with Crippen molar-refractivity contribution < 1.29 is 4.74 Å². The van der Waals surface area contributed by atoms with Crippen LogP contribution in [0.3, 0.4) is 0 Å². The predicted molar refractivity (Wildman–Crippen MR) is 85.6 cm³/mol. The van der Waals surface area contributed by atoms with Crippen molar-refractivity contribution in [3.8, 4) is 5.75 Å². The molecule has 1 heterocycles. The Morgan fingerprint density at radius 3 is 2.80 bits per heavy atom. The van der Waals surface area contributed by atoms with Gasteiger partial charge in [0.25, 0.3) is 0 Å². The first-order chi connectivity index (χ1) is 9.88. The maximum atomic E-state index is 5.85. The van der Waals surface area contributed by atoms with Crippen molar-refractivity contribution in [1.82, 2.24) is 0 Å². The fourth-order valence-corrected chi connectivity index (χ4v) is 3.28. The van der Waals surface area contributed by atoms with Gasteiger partial charge in [0.15, 0.2) is 0 Å². The van der Waals surface area contributed by atoms with E-state index in [1.54, 1.807) is 0 Å². The molecule has 3 rings (SSSR count). The van der Waals surface area contributed by atoms with Crippen LogP contribution in [0.15, 0.2) is 41.8 Å². The number of rotatable bonds is 7. The molecule has 1 unspecified atom stereocenters. The maximum absolute atomic E-state index is 5.85. The molecule has 20 heavy (non-hydrogen) atoms. The third-order valence-corrected chi connectivity index (χ3v) is 4.56. The number of hydrogen-bond acceptors (Lipinski definition) is 3. The molecule has 1 aliphatic rings. The molecule has 106 valence electrons. The van der Waals surface area contributed by atoms with E-state index in [1.165, 1.54) is 17.7 Å². The van der Waals surface area contributed by atoms with Crippen molar-refractivity contribution in [2.45, 2.75) is 32.2 Å². The second-order valence-corrected chi connectivity index (χ2v) is 6.30. The van der Waals surface area contributed by atoms with Gasteiger partial charge in [0, 0.05) is 4.88 Å². The quantitative estimate of drug-likeness (QED) is 0.765. The van der Waals surface area contributed by atoms with Crippen molar-refractivity contribution in [3.63, 3.8) is 0 Å². The van der Waals surface area contributed by atoms with Gasteiger partial charge in [-0.15, -0.1) is 11.3 Å². The second-order valence-electron chi connectivity index (χ2n) is 5.32. The molecular formula is C17H21NOS. The van der Waals surface area contributed by atoms with E-state index in [2.05, 4.69) is 48.0 Å². The molecule has 2 aromatic rings. The first kappa shape index (κ1) is 13.5. The van der Waals surface area contributed by atoms with Gasteiger partial charge in [-0.2, -0.15) is 0 Å². The lowest BCUT2D eigenvalue weighted by atomic mass is 10.1. The molecule has 0 bridgehead atoms. The van der Waals surface area contributed by atoms with E-state index >= 15 is 0 Å². The van der Waals surface area contributed by atoms with Gasteiger partial charge < -0.3 is 10.1 Å². The number of ether oxygens (including phenoxy) is 1. The van der Waals surface area contributed by atoms with Crippen molar-refractivity contribution in [1.29, 1.82) is 0 Å². The SMILES string of the molecule is CCCOc1ccccc1NC(c1cccs1)C1CC1. The topological polar surface area (TPSA) is 21.3 Å². The Hall–Kier alpha value is -1.48. The minimum absolute atomic E-state index is 0.432. The number of thiophene rings is 1. The molecule has 1 atom stereocenters. The van der Waals surface area contributed by atoms with Crippen LogP contribution in [0.1, 0.15) is 37.1 Å². The van der Waals surface area contributed by atoms with Crippen LogP contribution in [0.25, 0.3) is 0 Å². The van der Waals surface area contributed by atoms with Crippen molar-refractivity contribution in [2.24, 2.45) is 5.92 Å². The number of nitrogens with one attached hydrogen (secondary N) is 1. The Balaban J connectivity index is 1.78. The smallest absolute Gasteiger partial charge is 0.142 e. The molecule has 0 amide bonds. The summed E-state index contributed by atoms with van der Waals surface area (Å²) in [5.74, 6) is 1.74. The summed E-state index contributed by atoms with van der Waals surface area (Å²) in [5, 5.41) is 5.86. The lowest BCUT2D eigenvalue weighted by Crippen LogP contribution is -2.12. The summed E-state index contributed by atoms with van der Waals surface area (Å²) in [5.41, 5.74) is 1.12. The highest BCUT2D eigenvalue weighted by Crippen LogP contribution is 2.45. The average Bonchev–Trinajstić information content (AvgIpc) is 3.18. The van der Waals surface area contributed by atoms with E-state index in [4.69, 9.17) is 4.74 Å². The summed E-state index contributed by atoms with van der Waals surface area (Å²) >= 11 is 1.84. The molecule has 1 aromatic carbocycles. The standard InChI is InChI=1S/C17H21NOS/c1-2-11-19-15-7-4-3-6-14(15)18-17(13-9-10-13)16-8-5-12-20-16/h3-8,12-13,17-18H,2,9-11H2,1H3. The predicted octanol–water partition coefficient (Wildman–Crippen LogP) is 5.10. The number of anilines is 1. The van der Waals surface area contributed by atoms with Gasteiger partial charge in [0.05, 0.1) is 18.3 Å². The van der Waals surface area contributed by atoms with Gasteiger partial charge in [0.2, 0.25) is 0 Å². The summed E-state index contributed by atoms with van der Waals surface area (Å²) in [4.78, 5) is 1.43. The monoisotopic (exact) mass is 287 g/mol. The fourth-order valence-electron chi connectivity index (χ4n) is 2.41. The third kappa shape index (κ3) is 3.15. The molecule has 1 saturated carbocycles. The molecule has 0 aliphatic heterocycles. The number of para-hydroxylation sites is 2. The maximum Gasteiger partial charge on any atom is 0.142 e. The van der Waals surface area contributed by atoms with Gasteiger partial charge in [-0.25, -0.2) is 0 Å². The zero-order valence-corrected chi connectivity index (χ0v) is 12.7. The Kier molecular flexibility index (Phi) is 4.26. The van der Waals surface area contributed by atoms with Crippen LogP contribution in [-0.4, -0.2) is 6.61 Å². The fraction of sp³-hybridized carbons (Fsp3) is 0.412. The number of benzene rings is 1. The van der Waals surface area contributed by atoms with Gasteiger partial charge in [0.1, 0.15) is 5.75 Å². The normalized spacial score (nSPS) is 15.8. The Morgan fingerprint density at radius 1 is 1.25 bits per heavy atom. The largest absolute Gasteiger partial charge is 0.491 e. The first-order valence-electron chi connectivity index (χ1n) is 7.40. The van der Waals surface area contributed by atoms with Gasteiger partial charge in [-0.05, 0) is 48.8 Å². The molecular weight excluding hydrogens is 266 g/mol. The summed E-state index contributed by atoms with van der Waals surface area (Å²) < 4.78 is 5.85. The lowest BCUT2D eigenvalue weighted by Gasteiger charge is -2.20. The van der Waals surface area contributed by atoms with E-state index in [1.807, 2.05) is 17.4 Å². The molecule has 0 spiro atoms. The van der Waals surface area contributed by atoms with E-state index in [0.29, 0.717) is 6.04 Å². The summed E-state index contributed by atoms with van der Waals surface area (Å²) in [7, 11) is 0. The third-order valence-electron chi connectivity index (χ3n) is 3.60. The highest BCUT2D eigenvalue weighted by Gasteiger charge is 2.33. The van der Waals surface area contributed by atoms with Crippen LogP contribution < -0.4 is 10.1 Å². The Bertz CT molecular complexity index is 534. The molecule has 1 aromatic heterocycles. The van der Waals surface area contributed by atoms with Crippen LogP contribution >= 0.6 is 11.3 Å². The van der Waals surface area contributed by atoms with Crippen LogP contribution in [0.5, 0.6) is 5.75 Å². The van der Waals surface area contributed by atoms with Crippen molar-refractivity contribution in [2.75, 3.05) is 11.9 Å². The summed E-state index contributed by atoms with van der Waals surface area (Å²) in [6, 6.07) is 13.1. The van der Waals surface area contributed by atoms with Crippen LogP contribution in [0, 0.1) is 5.92 Å². The van der Waals surface area contributed by atoms with Gasteiger partial charge in [-0.3, -0.25) is 0 Å². The van der Waals surface area contributed by atoms with E-state index in [9.17, 15) is 0 Å². The molecule has 1 fully saturated rings. The molecule has 0 radical (unpaired) electrons. The zero-order chi connectivity index (χ0) is 13.8. The highest BCUT2D eigenvalue weighted by atomic mass is 32.1. The number of hydrogen-bond donors (Lipinski definition) is 1. The zero-order valence-electron chi connectivity index (χ0n) is 11.8. The first-order valence-corrected chi connectivity index (χ1v) is 8.28. The lowest BCUT2D eigenvalue weighted by molar-refractivity contribution is 0.318. The van der Waals surface area contributed by atoms with E-state index in [0.717, 1.165) is 30.4 Å². The van der Waals surface area contributed by atoms with E-state index in [-0.39, 0.29) is 0 Å². The minimum Gasteiger partial charge on any atom is -0.491 e. The second kappa shape index (κ2) is 6.31. The van der Waals surface area contributed by atoms with Gasteiger partial charge >= 0.3 is 0 Å². The van der Waals surface area contributed by atoms with Crippen molar-refractivity contribution in [3.05, 3.63) is 46.7 Å². The summed E-state index contributed by atoms with van der Waals surface area (Å²) in [6.07, 6.45) is 3.69. The van der Waals surface area contributed by atoms with Crippen LogP contribution in [-0.2, 0) is 0 Å².